The number of anilines is 1. The zero-order valence-electron chi connectivity index (χ0n) is 13.4. The highest BCUT2D eigenvalue weighted by molar-refractivity contribution is 7.15. The molecule has 2 N–H and O–H groups in total. The lowest BCUT2D eigenvalue weighted by molar-refractivity contribution is 0.207. The van der Waals surface area contributed by atoms with Crippen molar-refractivity contribution in [3.05, 3.63) is 29.2 Å². The van der Waals surface area contributed by atoms with Gasteiger partial charge in [-0.15, -0.1) is 10.2 Å². The molecule has 0 bridgehead atoms. The van der Waals surface area contributed by atoms with Crippen LogP contribution in [0, 0.1) is 0 Å². The number of nitrogens with one attached hydrogen (secondary N) is 2. The summed E-state index contributed by atoms with van der Waals surface area (Å²) in [4.78, 5) is 14.5. The second kappa shape index (κ2) is 6.90. The number of hydrogen-bond acceptors (Lipinski definition) is 6. The monoisotopic (exact) mass is 347 g/mol. The van der Waals surface area contributed by atoms with Crippen LogP contribution in [-0.2, 0) is 0 Å². The molecule has 1 saturated carbocycles. The van der Waals surface area contributed by atoms with Gasteiger partial charge in [-0.1, -0.05) is 11.3 Å². The SMILES string of the molecule is O=C(NCC(c1ccco1)N1CCCC1)Nc1nnc(C2CC2)s1. The van der Waals surface area contributed by atoms with Crippen molar-refractivity contribution >= 4 is 22.5 Å². The molecule has 1 saturated heterocycles. The smallest absolute Gasteiger partial charge is 0.321 e. The van der Waals surface area contributed by atoms with Gasteiger partial charge in [-0.25, -0.2) is 4.79 Å². The fourth-order valence-corrected chi connectivity index (χ4v) is 3.96. The molecule has 1 aliphatic heterocycles. The van der Waals surface area contributed by atoms with Gasteiger partial charge in [-0.2, -0.15) is 0 Å². The Labute approximate surface area is 144 Å². The standard InChI is InChI=1S/C16H21N5O2S/c22-15(18-16-20-19-14(24-16)11-5-6-11)17-10-12(13-4-3-9-23-13)21-7-1-2-8-21/h3-4,9,11-12H,1-2,5-8,10H2,(H2,17,18,20,22). The van der Waals surface area contributed by atoms with Crippen LogP contribution in [0.5, 0.6) is 0 Å². The lowest BCUT2D eigenvalue weighted by atomic mass is 10.2. The topological polar surface area (TPSA) is 83.3 Å². The summed E-state index contributed by atoms with van der Waals surface area (Å²) in [6.45, 7) is 2.58. The van der Waals surface area contributed by atoms with Crippen LogP contribution in [0.1, 0.15) is 48.4 Å². The molecule has 4 rings (SSSR count). The molecule has 0 aromatic carbocycles. The summed E-state index contributed by atoms with van der Waals surface area (Å²) in [7, 11) is 0. The van der Waals surface area contributed by atoms with Crippen LogP contribution < -0.4 is 10.6 Å². The van der Waals surface area contributed by atoms with Gasteiger partial charge in [0.2, 0.25) is 5.13 Å². The third-order valence-corrected chi connectivity index (χ3v) is 5.50. The van der Waals surface area contributed by atoms with Crippen LogP contribution in [0.2, 0.25) is 0 Å². The summed E-state index contributed by atoms with van der Waals surface area (Å²) in [5, 5.41) is 15.5. The van der Waals surface area contributed by atoms with Gasteiger partial charge < -0.3 is 9.73 Å². The summed E-state index contributed by atoms with van der Waals surface area (Å²) in [6.07, 6.45) is 6.43. The van der Waals surface area contributed by atoms with Gasteiger partial charge in [-0.05, 0) is 50.9 Å². The first-order valence-electron chi connectivity index (χ1n) is 8.45. The number of furan rings is 1. The third-order valence-electron chi connectivity index (χ3n) is 4.50. The highest BCUT2D eigenvalue weighted by Gasteiger charge is 2.28. The molecule has 2 amide bonds. The fourth-order valence-electron chi connectivity index (χ4n) is 3.05. The molecule has 0 spiro atoms. The number of amides is 2. The Bertz CT molecular complexity index is 676. The third kappa shape index (κ3) is 3.59. The van der Waals surface area contributed by atoms with Crippen LogP contribution in [0.4, 0.5) is 9.93 Å². The predicted octanol–water partition coefficient (Wildman–Crippen LogP) is 2.97. The van der Waals surface area contributed by atoms with Gasteiger partial charge in [0, 0.05) is 12.5 Å². The molecule has 1 aliphatic carbocycles. The van der Waals surface area contributed by atoms with Gasteiger partial charge in [-0.3, -0.25) is 10.2 Å². The van der Waals surface area contributed by atoms with E-state index in [-0.39, 0.29) is 12.1 Å². The molecule has 0 radical (unpaired) electrons. The Morgan fingerprint density at radius 1 is 1.38 bits per heavy atom. The lowest BCUT2D eigenvalue weighted by Gasteiger charge is -2.25. The highest BCUT2D eigenvalue weighted by Crippen LogP contribution is 2.42. The van der Waals surface area contributed by atoms with Crippen LogP contribution >= 0.6 is 11.3 Å². The molecule has 24 heavy (non-hydrogen) atoms. The van der Waals surface area contributed by atoms with E-state index in [0.717, 1.165) is 23.9 Å². The summed E-state index contributed by atoms with van der Waals surface area (Å²) >= 11 is 1.47. The minimum atomic E-state index is -0.246. The second-order valence-electron chi connectivity index (χ2n) is 6.33. The number of urea groups is 1. The first-order valence-corrected chi connectivity index (χ1v) is 9.27. The summed E-state index contributed by atoms with van der Waals surface area (Å²) in [5.74, 6) is 1.45. The van der Waals surface area contributed by atoms with Gasteiger partial charge >= 0.3 is 6.03 Å². The van der Waals surface area contributed by atoms with E-state index < -0.39 is 0 Å². The Morgan fingerprint density at radius 3 is 2.92 bits per heavy atom. The Balaban J connectivity index is 1.33. The number of aromatic nitrogens is 2. The molecule has 7 nitrogen and oxygen atoms in total. The van der Waals surface area contributed by atoms with Crippen LogP contribution in [0.15, 0.2) is 22.8 Å². The number of hydrogen-bond donors (Lipinski definition) is 2. The minimum Gasteiger partial charge on any atom is -0.468 e. The van der Waals surface area contributed by atoms with E-state index >= 15 is 0 Å². The molecule has 8 heteroatoms. The van der Waals surface area contributed by atoms with E-state index in [9.17, 15) is 4.79 Å². The van der Waals surface area contributed by atoms with Crippen LogP contribution in [0.25, 0.3) is 0 Å². The second-order valence-corrected chi connectivity index (χ2v) is 7.34. The Morgan fingerprint density at radius 2 is 2.21 bits per heavy atom. The Hall–Kier alpha value is -1.93. The minimum absolute atomic E-state index is 0.0738. The molecule has 128 valence electrons. The Kier molecular flexibility index (Phi) is 4.48. The van der Waals surface area contributed by atoms with E-state index in [1.807, 2.05) is 12.1 Å². The summed E-state index contributed by atoms with van der Waals surface area (Å²) < 4.78 is 5.56. The molecular formula is C16H21N5O2S. The van der Waals surface area contributed by atoms with E-state index in [1.54, 1.807) is 6.26 Å². The van der Waals surface area contributed by atoms with Crippen LogP contribution in [0.3, 0.4) is 0 Å². The van der Waals surface area contributed by atoms with Gasteiger partial charge in [0.05, 0.1) is 12.3 Å². The fraction of sp³-hybridized carbons (Fsp3) is 0.562. The molecule has 2 aromatic heterocycles. The zero-order chi connectivity index (χ0) is 16.4. The van der Waals surface area contributed by atoms with Crippen molar-refractivity contribution in [2.75, 3.05) is 25.0 Å². The number of nitrogens with zero attached hydrogens (tertiary/aromatic N) is 3. The van der Waals surface area contributed by atoms with Gasteiger partial charge in [0.15, 0.2) is 0 Å². The molecule has 1 unspecified atom stereocenters. The van der Waals surface area contributed by atoms with Crippen LogP contribution in [-0.4, -0.2) is 40.8 Å². The maximum atomic E-state index is 12.2. The van der Waals surface area contributed by atoms with Crippen molar-refractivity contribution in [3.8, 4) is 0 Å². The number of likely N-dealkylation sites (tertiary alicyclic amines) is 1. The number of carbonyl (C=O) groups excluding carboxylic acids is 1. The van der Waals surface area contributed by atoms with Gasteiger partial charge in [0.25, 0.3) is 0 Å². The molecule has 1 atom stereocenters. The van der Waals surface area contributed by atoms with Crippen molar-refractivity contribution in [1.82, 2.24) is 20.4 Å². The molecule has 2 fully saturated rings. The van der Waals surface area contributed by atoms with Crippen molar-refractivity contribution in [3.63, 3.8) is 0 Å². The quantitative estimate of drug-likeness (QED) is 0.839. The predicted molar refractivity (Wildman–Crippen MR) is 91.2 cm³/mol. The van der Waals surface area contributed by atoms with E-state index in [4.69, 9.17) is 4.42 Å². The maximum Gasteiger partial charge on any atom is 0.321 e. The van der Waals surface area contributed by atoms with E-state index in [2.05, 4.69) is 25.7 Å². The van der Waals surface area contributed by atoms with Gasteiger partial charge in [0.1, 0.15) is 10.8 Å². The van der Waals surface area contributed by atoms with E-state index in [0.29, 0.717) is 17.6 Å². The van der Waals surface area contributed by atoms with Crippen molar-refractivity contribution < 1.29 is 9.21 Å². The summed E-state index contributed by atoms with van der Waals surface area (Å²) in [5.41, 5.74) is 0. The average Bonchev–Trinajstić information content (AvgIpc) is 3.04. The number of rotatable bonds is 6. The molecular weight excluding hydrogens is 326 g/mol. The highest BCUT2D eigenvalue weighted by atomic mass is 32.1. The maximum absolute atomic E-state index is 12.2. The molecule has 3 heterocycles. The van der Waals surface area contributed by atoms with Crippen molar-refractivity contribution in [2.24, 2.45) is 0 Å². The molecule has 2 aromatic rings. The summed E-state index contributed by atoms with van der Waals surface area (Å²) in [6, 6.07) is 3.68. The normalized spacial score (nSPS) is 19.3. The first-order chi connectivity index (χ1) is 11.8. The first kappa shape index (κ1) is 15.6. The lowest BCUT2D eigenvalue weighted by Crippen LogP contribution is -2.38. The zero-order valence-corrected chi connectivity index (χ0v) is 14.2. The largest absolute Gasteiger partial charge is 0.468 e. The van der Waals surface area contributed by atoms with Crippen molar-refractivity contribution in [1.29, 1.82) is 0 Å². The van der Waals surface area contributed by atoms with E-state index in [1.165, 1.54) is 37.0 Å². The number of carbonyl (C=O) groups is 1. The van der Waals surface area contributed by atoms with Crippen molar-refractivity contribution in [2.45, 2.75) is 37.6 Å². The average molecular weight is 347 g/mol. The molecule has 2 aliphatic rings.